The van der Waals surface area contributed by atoms with Gasteiger partial charge in [-0.05, 0) is 43.9 Å². The van der Waals surface area contributed by atoms with Crippen LogP contribution >= 0.6 is 23.6 Å². The Labute approximate surface area is 119 Å². The summed E-state index contributed by atoms with van der Waals surface area (Å²) >= 11 is 7.03. The van der Waals surface area contributed by atoms with E-state index in [0.717, 1.165) is 37.7 Å². The van der Waals surface area contributed by atoms with Crippen molar-refractivity contribution in [3.63, 3.8) is 0 Å². The van der Waals surface area contributed by atoms with Gasteiger partial charge in [0.05, 0.1) is 0 Å². The average molecular weight is 286 g/mol. The molecule has 1 heterocycles. The maximum atomic E-state index is 5.26. The summed E-state index contributed by atoms with van der Waals surface area (Å²) in [4.78, 5) is 1.38. The van der Waals surface area contributed by atoms with Crippen LogP contribution in [0.2, 0.25) is 0 Å². The van der Waals surface area contributed by atoms with Crippen molar-refractivity contribution in [3.05, 3.63) is 22.4 Å². The molecule has 2 N–H and O–H groups in total. The molecule has 0 aliphatic rings. The lowest BCUT2D eigenvalue weighted by Gasteiger charge is -2.16. The lowest BCUT2D eigenvalue weighted by atomic mass is 10.2. The van der Waals surface area contributed by atoms with E-state index in [1.54, 1.807) is 11.3 Å². The molecule has 0 saturated carbocycles. The molecule has 1 atom stereocenters. The van der Waals surface area contributed by atoms with Gasteiger partial charge in [-0.3, -0.25) is 0 Å². The zero-order valence-electron chi connectivity index (χ0n) is 11.1. The molecular weight excluding hydrogens is 264 g/mol. The topological polar surface area (TPSA) is 33.3 Å². The Balaban J connectivity index is 2.08. The maximum Gasteiger partial charge on any atom is 0.166 e. The van der Waals surface area contributed by atoms with Gasteiger partial charge >= 0.3 is 0 Å². The minimum Gasteiger partial charge on any atom is -0.382 e. The predicted molar refractivity (Wildman–Crippen MR) is 82.3 cm³/mol. The minimum atomic E-state index is 0.357. The van der Waals surface area contributed by atoms with Crippen molar-refractivity contribution < 1.29 is 4.74 Å². The third-order valence-electron chi connectivity index (χ3n) is 2.42. The first-order chi connectivity index (χ1) is 8.72. The second-order valence-electron chi connectivity index (χ2n) is 4.14. The van der Waals surface area contributed by atoms with Crippen LogP contribution in [0.4, 0.5) is 0 Å². The first-order valence-electron chi connectivity index (χ1n) is 6.37. The molecule has 0 bridgehead atoms. The van der Waals surface area contributed by atoms with Crippen LogP contribution in [0.5, 0.6) is 0 Å². The van der Waals surface area contributed by atoms with Crippen LogP contribution in [0, 0.1) is 0 Å². The molecule has 0 aliphatic carbocycles. The fourth-order valence-electron chi connectivity index (χ4n) is 1.58. The van der Waals surface area contributed by atoms with Crippen molar-refractivity contribution in [2.45, 2.75) is 32.7 Å². The summed E-state index contributed by atoms with van der Waals surface area (Å²) in [6, 6.07) is 4.59. The second kappa shape index (κ2) is 9.30. The molecule has 1 rings (SSSR count). The number of hydrogen-bond donors (Lipinski definition) is 2. The Kier molecular flexibility index (Phi) is 7.96. The minimum absolute atomic E-state index is 0.357. The van der Waals surface area contributed by atoms with E-state index >= 15 is 0 Å². The highest BCUT2D eigenvalue weighted by Crippen LogP contribution is 2.10. The van der Waals surface area contributed by atoms with Crippen LogP contribution in [-0.4, -0.2) is 30.9 Å². The molecule has 0 amide bonds. The van der Waals surface area contributed by atoms with Crippen molar-refractivity contribution in [2.75, 3.05) is 19.8 Å². The number of nitrogens with one attached hydrogen (secondary N) is 2. The summed E-state index contributed by atoms with van der Waals surface area (Å²) in [6.07, 6.45) is 1.99. The predicted octanol–water partition coefficient (Wildman–Crippen LogP) is 2.57. The Hall–Kier alpha value is -0.650. The van der Waals surface area contributed by atoms with E-state index in [2.05, 4.69) is 35.1 Å². The average Bonchev–Trinajstić information content (AvgIpc) is 2.81. The molecule has 1 aromatic rings. The highest BCUT2D eigenvalue weighted by molar-refractivity contribution is 7.80. The number of rotatable bonds is 8. The van der Waals surface area contributed by atoms with E-state index in [1.807, 2.05) is 6.92 Å². The summed E-state index contributed by atoms with van der Waals surface area (Å²) < 4.78 is 5.26. The molecule has 18 heavy (non-hydrogen) atoms. The van der Waals surface area contributed by atoms with Crippen LogP contribution in [0.15, 0.2) is 17.5 Å². The largest absolute Gasteiger partial charge is 0.382 e. The molecule has 0 aliphatic heterocycles. The first-order valence-corrected chi connectivity index (χ1v) is 7.65. The van der Waals surface area contributed by atoms with Gasteiger partial charge in [-0.2, -0.15) is 0 Å². The summed E-state index contributed by atoms with van der Waals surface area (Å²) in [5, 5.41) is 9.33. The highest BCUT2D eigenvalue weighted by Gasteiger charge is 2.05. The fraction of sp³-hybridized carbons (Fsp3) is 0.615. The van der Waals surface area contributed by atoms with E-state index in [-0.39, 0.29) is 0 Å². The van der Waals surface area contributed by atoms with Crippen molar-refractivity contribution in [3.8, 4) is 0 Å². The monoisotopic (exact) mass is 286 g/mol. The van der Waals surface area contributed by atoms with Gasteiger partial charge in [0.1, 0.15) is 0 Å². The normalized spacial score (nSPS) is 12.1. The molecule has 1 aromatic heterocycles. The summed E-state index contributed by atoms with van der Waals surface area (Å²) in [6.45, 7) is 6.58. The van der Waals surface area contributed by atoms with Gasteiger partial charge in [-0.15, -0.1) is 11.3 Å². The van der Waals surface area contributed by atoms with E-state index in [4.69, 9.17) is 17.0 Å². The number of thiophene rings is 1. The Bertz CT molecular complexity index is 328. The summed E-state index contributed by atoms with van der Waals surface area (Å²) in [7, 11) is 0. The summed E-state index contributed by atoms with van der Waals surface area (Å²) in [5.74, 6) is 0. The van der Waals surface area contributed by atoms with Crippen LogP contribution in [0.25, 0.3) is 0 Å². The number of thiocarbonyl (C=S) groups is 1. The Morgan fingerprint density at radius 1 is 1.56 bits per heavy atom. The Morgan fingerprint density at radius 3 is 3.06 bits per heavy atom. The van der Waals surface area contributed by atoms with Crippen LogP contribution in [0.1, 0.15) is 25.1 Å². The molecule has 3 nitrogen and oxygen atoms in total. The van der Waals surface area contributed by atoms with Gasteiger partial charge in [-0.1, -0.05) is 6.07 Å². The first kappa shape index (κ1) is 15.4. The van der Waals surface area contributed by atoms with Gasteiger partial charge in [0, 0.05) is 37.1 Å². The van der Waals surface area contributed by atoms with E-state index < -0.39 is 0 Å². The molecule has 0 fully saturated rings. The molecule has 102 valence electrons. The van der Waals surface area contributed by atoms with Gasteiger partial charge in [0.25, 0.3) is 0 Å². The molecule has 0 aromatic carbocycles. The maximum absolute atomic E-state index is 5.26. The highest BCUT2D eigenvalue weighted by atomic mass is 32.1. The van der Waals surface area contributed by atoms with Crippen LogP contribution < -0.4 is 10.6 Å². The zero-order valence-corrected chi connectivity index (χ0v) is 12.7. The number of hydrogen-bond acceptors (Lipinski definition) is 3. The van der Waals surface area contributed by atoms with Crippen molar-refractivity contribution in [1.29, 1.82) is 0 Å². The molecule has 0 saturated heterocycles. The Morgan fingerprint density at radius 2 is 2.39 bits per heavy atom. The molecule has 1 unspecified atom stereocenters. The number of ether oxygens (including phenoxy) is 1. The SMILES string of the molecule is CCOCCCNC(=S)NC(C)Cc1cccs1. The van der Waals surface area contributed by atoms with E-state index in [0.29, 0.717) is 6.04 Å². The molecule has 0 radical (unpaired) electrons. The molecular formula is C13H22N2OS2. The third kappa shape index (κ3) is 6.93. The van der Waals surface area contributed by atoms with Gasteiger partial charge in [0.15, 0.2) is 5.11 Å². The van der Waals surface area contributed by atoms with Gasteiger partial charge < -0.3 is 15.4 Å². The van der Waals surface area contributed by atoms with E-state index in [9.17, 15) is 0 Å². The van der Waals surface area contributed by atoms with Gasteiger partial charge in [-0.25, -0.2) is 0 Å². The van der Waals surface area contributed by atoms with Crippen molar-refractivity contribution in [1.82, 2.24) is 10.6 Å². The molecule has 0 spiro atoms. The summed E-state index contributed by atoms with van der Waals surface area (Å²) in [5.41, 5.74) is 0. The van der Waals surface area contributed by atoms with E-state index in [1.165, 1.54) is 4.88 Å². The standard InChI is InChI=1S/C13H22N2OS2/c1-3-16-8-5-7-14-13(17)15-11(2)10-12-6-4-9-18-12/h4,6,9,11H,3,5,7-8,10H2,1-2H3,(H2,14,15,17). The second-order valence-corrected chi connectivity index (χ2v) is 5.58. The lowest BCUT2D eigenvalue weighted by molar-refractivity contribution is 0.145. The zero-order chi connectivity index (χ0) is 13.2. The van der Waals surface area contributed by atoms with Crippen LogP contribution in [-0.2, 0) is 11.2 Å². The quantitative estimate of drug-likeness (QED) is 0.568. The smallest absolute Gasteiger partial charge is 0.166 e. The lowest BCUT2D eigenvalue weighted by Crippen LogP contribution is -2.41. The van der Waals surface area contributed by atoms with Gasteiger partial charge in [0.2, 0.25) is 0 Å². The fourth-order valence-corrected chi connectivity index (χ4v) is 2.72. The van der Waals surface area contributed by atoms with Crippen molar-refractivity contribution in [2.24, 2.45) is 0 Å². The third-order valence-corrected chi connectivity index (χ3v) is 3.58. The molecule has 5 heteroatoms. The van der Waals surface area contributed by atoms with Crippen molar-refractivity contribution >= 4 is 28.7 Å². The van der Waals surface area contributed by atoms with Crippen LogP contribution in [0.3, 0.4) is 0 Å².